The van der Waals surface area contributed by atoms with Gasteiger partial charge in [-0.25, -0.2) is 19.6 Å². The molecule has 0 saturated carbocycles. The smallest absolute Gasteiger partial charge is 0.407 e. The van der Waals surface area contributed by atoms with Crippen LogP contribution in [0.3, 0.4) is 0 Å². The summed E-state index contributed by atoms with van der Waals surface area (Å²) in [6.45, 7) is 10.9. The van der Waals surface area contributed by atoms with Crippen LogP contribution in [-0.2, 0) is 29.6 Å². The van der Waals surface area contributed by atoms with Crippen molar-refractivity contribution in [2.75, 3.05) is 49.2 Å². The van der Waals surface area contributed by atoms with Crippen molar-refractivity contribution < 1.29 is 14.3 Å². The minimum atomic E-state index is -0.613. The zero-order valence-corrected chi connectivity index (χ0v) is 27.6. The average Bonchev–Trinajstić information content (AvgIpc) is 3.44. The van der Waals surface area contributed by atoms with Crippen molar-refractivity contribution in [2.45, 2.75) is 65.3 Å². The second-order valence-electron chi connectivity index (χ2n) is 12.8. The molecular formula is C33H41N9O5. The maximum atomic E-state index is 14.2. The second kappa shape index (κ2) is 13.1. The van der Waals surface area contributed by atoms with E-state index in [0.717, 1.165) is 29.6 Å². The van der Waals surface area contributed by atoms with Gasteiger partial charge in [-0.2, -0.15) is 4.98 Å². The van der Waals surface area contributed by atoms with Crippen molar-refractivity contribution in [3.63, 3.8) is 0 Å². The Labute approximate surface area is 272 Å². The van der Waals surface area contributed by atoms with E-state index in [1.54, 1.807) is 18.5 Å². The number of nitrogens with one attached hydrogen (secondary N) is 1. The summed E-state index contributed by atoms with van der Waals surface area (Å²) in [5.41, 5.74) is -0.369. The number of benzene rings is 1. The number of anilines is 2. The van der Waals surface area contributed by atoms with E-state index in [9.17, 15) is 14.4 Å². The molecule has 4 aromatic rings. The van der Waals surface area contributed by atoms with E-state index >= 15 is 0 Å². The summed E-state index contributed by atoms with van der Waals surface area (Å²) in [6.07, 6.45) is 1.08. The molecule has 1 N–H and O–H groups in total. The molecular weight excluding hydrogens is 602 g/mol. The standard InChI is InChI=1S/C33H41N9O5/c1-6-7-15-41-26-28(37-30(41)40-14-10-11-22(20-40)34-31(44)47-33(2,3)4)38(5)32(45)42(29(26)43)21-25-35-24-13-9-8-12-23(24)27(36-25)39-16-18-46-19-17-39/h8-9,12-13,22H,10-11,14-21H2,1-5H3,(H,34,44). The normalized spacial score (nSPS) is 17.1. The Morgan fingerprint density at radius 3 is 2.57 bits per heavy atom. The first-order valence-electron chi connectivity index (χ1n) is 16.0. The number of amides is 1. The van der Waals surface area contributed by atoms with Crippen molar-refractivity contribution in [1.82, 2.24) is 34.0 Å². The van der Waals surface area contributed by atoms with Gasteiger partial charge in [0.1, 0.15) is 11.4 Å². The van der Waals surface area contributed by atoms with Gasteiger partial charge in [0.15, 0.2) is 17.0 Å². The number of aryl methyl sites for hydroxylation is 1. The number of carbonyl (C=O) groups is 1. The van der Waals surface area contributed by atoms with Gasteiger partial charge in [-0.1, -0.05) is 18.1 Å². The van der Waals surface area contributed by atoms with Gasteiger partial charge in [-0.3, -0.25) is 18.5 Å². The first-order valence-corrected chi connectivity index (χ1v) is 16.0. The molecule has 0 bridgehead atoms. The number of rotatable bonds is 6. The molecule has 2 aliphatic rings. The molecule has 5 heterocycles. The van der Waals surface area contributed by atoms with Crippen molar-refractivity contribution in [3.8, 4) is 11.8 Å². The highest BCUT2D eigenvalue weighted by Gasteiger charge is 2.29. The van der Waals surface area contributed by atoms with E-state index in [1.165, 1.54) is 9.13 Å². The highest BCUT2D eigenvalue weighted by molar-refractivity contribution is 5.89. The highest BCUT2D eigenvalue weighted by atomic mass is 16.6. The SMILES string of the molecule is CC#CCn1c(N2CCCC(NC(=O)OC(C)(C)C)C2)nc2c1c(=O)n(Cc1nc(N3CCOCC3)c3ccccc3n1)c(=O)n2C. The zero-order chi connectivity index (χ0) is 33.3. The third-order valence-electron chi connectivity index (χ3n) is 8.29. The van der Waals surface area contributed by atoms with Gasteiger partial charge >= 0.3 is 11.8 Å². The lowest BCUT2D eigenvalue weighted by Gasteiger charge is -2.34. The molecule has 0 radical (unpaired) electrons. The van der Waals surface area contributed by atoms with Crippen LogP contribution >= 0.6 is 0 Å². The third kappa shape index (κ3) is 6.66. The molecule has 0 spiro atoms. The number of hydrogen-bond acceptors (Lipinski definition) is 10. The quantitative estimate of drug-likeness (QED) is 0.311. The van der Waals surface area contributed by atoms with Crippen LogP contribution in [0.1, 0.15) is 46.4 Å². The largest absolute Gasteiger partial charge is 0.444 e. The number of hydrogen-bond donors (Lipinski definition) is 1. The first kappa shape index (κ1) is 32.1. The van der Waals surface area contributed by atoms with E-state index in [0.29, 0.717) is 51.2 Å². The van der Waals surface area contributed by atoms with E-state index in [2.05, 4.69) is 22.1 Å². The molecule has 2 saturated heterocycles. The second-order valence-corrected chi connectivity index (χ2v) is 12.8. The summed E-state index contributed by atoms with van der Waals surface area (Å²) >= 11 is 0. The minimum absolute atomic E-state index is 0.116. The maximum absolute atomic E-state index is 14.2. The lowest BCUT2D eigenvalue weighted by Crippen LogP contribution is -2.49. The summed E-state index contributed by atoms with van der Waals surface area (Å²) in [5.74, 6) is 7.60. The Hall–Kier alpha value is -4.90. The number of para-hydroxylation sites is 1. The van der Waals surface area contributed by atoms with Crippen LogP contribution in [0.4, 0.5) is 16.6 Å². The maximum Gasteiger partial charge on any atom is 0.407 e. The van der Waals surface area contributed by atoms with Crippen LogP contribution < -0.4 is 26.4 Å². The Balaban J connectivity index is 1.40. The van der Waals surface area contributed by atoms with Crippen LogP contribution in [-0.4, -0.2) is 85.8 Å². The third-order valence-corrected chi connectivity index (χ3v) is 8.29. The topological polar surface area (TPSA) is 142 Å². The lowest BCUT2D eigenvalue weighted by atomic mass is 10.1. The molecule has 47 heavy (non-hydrogen) atoms. The monoisotopic (exact) mass is 643 g/mol. The first-order chi connectivity index (χ1) is 22.5. The van der Waals surface area contributed by atoms with Crippen LogP contribution in [0.25, 0.3) is 22.1 Å². The van der Waals surface area contributed by atoms with E-state index in [-0.39, 0.29) is 30.3 Å². The van der Waals surface area contributed by atoms with E-state index in [1.807, 2.05) is 49.9 Å². The van der Waals surface area contributed by atoms with Crippen molar-refractivity contribution in [3.05, 3.63) is 50.9 Å². The number of aromatic nitrogens is 6. The number of ether oxygens (including phenoxy) is 2. The fourth-order valence-corrected chi connectivity index (χ4v) is 6.13. The van der Waals surface area contributed by atoms with Gasteiger partial charge in [0.05, 0.1) is 31.8 Å². The number of piperidine rings is 1. The van der Waals surface area contributed by atoms with Gasteiger partial charge in [-0.15, -0.1) is 5.92 Å². The molecule has 248 valence electrons. The molecule has 2 fully saturated rings. The molecule has 1 amide bonds. The molecule has 2 aliphatic heterocycles. The highest BCUT2D eigenvalue weighted by Crippen LogP contribution is 2.26. The molecule has 1 atom stereocenters. The summed E-state index contributed by atoms with van der Waals surface area (Å²) < 4.78 is 15.3. The van der Waals surface area contributed by atoms with Crippen molar-refractivity contribution >= 4 is 39.9 Å². The number of imidazole rings is 1. The Kier molecular flexibility index (Phi) is 8.92. The zero-order valence-electron chi connectivity index (χ0n) is 27.6. The molecule has 6 rings (SSSR count). The van der Waals surface area contributed by atoms with Crippen molar-refractivity contribution in [1.29, 1.82) is 0 Å². The molecule has 1 aromatic carbocycles. The fourth-order valence-electron chi connectivity index (χ4n) is 6.13. The number of carbonyl (C=O) groups excluding carboxylic acids is 1. The van der Waals surface area contributed by atoms with Crippen LogP contribution in [0.2, 0.25) is 0 Å². The van der Waals surface area contributed by atoms with Crippen LogP contribution in [0.15, 0.2) is 33.9 Å². The summed E-state index contributed by atoms with van der Waals surface area (Å²) in [6, 6.07) is 7.55. The number of fused-ring (bicyclic) bond motifs is 2. The lowest BCUT2D eigenvalue weighted by molar-refractivity contribution is 0.0499. The fraction of sp³-hybridized carbons (Fsp3) is 0.515. The Morgan fingerprint density at radius 2 is 1.83 bits per heavy atom. The number of morpholine rings is 1. The van der Waals surface area contributed by atoms with Gasteiger partial charge in [0, 0.05) is 44.7 Å². The Bertz CT molecular complexity index is 1990. The summed E-state index contributed by atoms with van der Waals surface area (Å²) in [5, 5.41) is 3.87. The molecule has 1 unspecified atom stereocenters. The van der Waals surface area contributed by atoms with Gasteiger partial charge < -0.3 is 24.6 Å². The average molecular weight is 644 g/mol. The molecule has 0 aliphatic carbocycles. The van der Waals surface area contributed by atoms with Gasteiger partial charge in [-0.05, 0) is 52.7 Å². The van der Waals surface area contributed by atoms with Crippen molar-refractivity contribution in [2.24, 2.45) is 7.05 Å². The van der Waals surface area contributed by atoms with Crippen LogP contribution in [0.5, 0.6) is 0 Å². The Morgan fingerprint density at radius 1 is 1.06 bits per heavy atom. The summed E-state index contributed by atoms with van der Waals surface area (Å²) in [7, 11) is 1.61. The number of nitrogens with zero attached hydrogens (tertiary/aromatic N) is 8. The van der Waals surface area contributed by atoms with E-state index in [4.69, 9.17) is 24.4 Å². The van der Waals surface area contributed by atoms with Crippen LogP contribution in [0, 0.1) is 11.8 Å². The van der Waals surface area contributed by atoms with Gasteiger partial charge in [0.25, 0.3) is 5.56 Å². The van der Waals surface area contributed by atoms with E-state index < -0.39 is 22.9 Å². The predicted octanol–water partition coefficient (Wildman–Crippen LogP) is 2.24. The number of alkyl carbamates (subject to hydrolysis) is 1. The molecule has 14 nitrogen and oxygen atoms in total. The minimum Gasteiger partial charge on any atom is -0.444 e. The van der Waals surface area contributed by atoms with Gasteiger partial charge in [0.2, 0.25) is 5.95 Å². The summed E-state index contributed by atoms with van der Waals surface area (Å²) in [4.78, 5) is 59.1. The molecule has 3 aromatic heterocycles. The predicted molar refractivity (Wildman–Crippen MR) is 179 cm³/mol. The molecule has 14 heteroatoms.